The second-order valence-electron chi connectivity index (χ2n) is 8.44. The number of hydrogen-bond donors (Lipinski definition) is 1. The number of piperazine rings is 1. The smallest absolute Gasteiger partial charge is 0.186 e. The summed E-state index contributed by atoms with van der Waals surface area (Å²) in [7, 11) is 0. The molecular formula is C24H29N5S. The van der Waals surface area contributed by atoms with Gasteiger partial charge in [0.25, 0.3) is 0 Å². The topological polar surface area (TPSA) is 53.9 Å². The molecule has 0 radical (unpaired) electrons. The number of benzene rings is 1. The summed E-state index contributed by atoms with van der Waals surface area (Å²) < 4.78 is 0. The third-order valence-electron chi connectivity index (χ3n) is 6.30. The van der Waals surface area contributed by atoms with Gasteiger partial charge < -0.3 is 10.2 Å². The molecule has 2 aromatic heterocycles. The van der Waals surface area contributed by atoms with Crippen molar-refractivity contribution >= 4 is 16.5 Å². The number of aryl methyl sites for hydroxylation is 1. The third-order valence-corrected chi connectivity index (χ3v) is 7.42. The standard InChI is InChI=1S/C24H29N5S/c1-17-6-5-9-19(14-17)21-23(30-24(28-21)29-12-10-25-11-13-29)22-20(15-26-16-27-22)18-7-3-2-4-8-18/h5-6,9,14-16,18,25H,2-4,7-8,10-13H2,1H3. The fraction of sp³-hybridized carbons (Fsp3) is 0.458. The van der Waals surface area contributed by atoms with Gasteiger partial charge in [-0.25, -0.2) is 15.0 Å². The Morgan fingerprint density at radius 3 is 2.70 bits per heavy atom. The highest BCUT2D eigenvalue weighted by atomic mass is 32.1. The lowest BCUT2D eigenvalue weighted by molar-refractivity contribution is 0.443. The van der Waals surface area contributed by atoms with E-state index in [4.69, 9.17) is 9.97 Å². The number of nitrogens with zero attached hydrogens (tertiary/aromatic N) is 4. The summed E-state index contributed by atoms with van der Waals surface area (Å²) in [6, 6.07) is 8.68. The van der Waals surface area contributed by atoms with Crippen LogP contribution in [-0.2, 0) is 0 Å². The molecule has 3 aromatic rings. The van der Waals surface area contributed by atoms with Crippen molar-refractivity contribution in [2.24, 2.45) is 0 Å². The van der Waals surface area contributed by atoms with Gasteiger partial charge in [0, 0.05) is 43.5 Å². The zero-order valence-electron chi connectivity index (χ0n) is 17.6. The fourth-order valence-electron chi connectivity index (χ4n) is 4.69. The Labute approximate surface area is 182 Å². The molecule has 1 aliphatic heterocycles. The minimum absolute atomic E-state index is 0.560. The van der Waals surface area contributed by atoms with Crippen LogP contribution in [0.5, 0.6) is 0 Å². The minimum atomic E-state index is 0.560. The molecule has 3 heterocycles. The van der Waals surface area contributed by atoms with Crippen LogP contribution in [0, 0.1) is 6.92 Å². The number of hydrogen-bond acceptors (Lipinski definition) is 6. The lowest BCUT2D eigenvalue weighted by Gasteiger charge is -2.26. The van der Waals surface area contributed by atoms with Crippen LogP contribution in [0.25, 0.3) is 21.8 Å². The molecule has 2 fully saturated rings. The summed E-state index contributed by atoms with van der Waals surface area (Å²) in [5, 5.41) is 4.55. The first-order chi connectivity index (χ1) is 14.8. The van der Waals surface area contributed by atoms with Gasteiger partial charge in [-0.15, -0.1) is 0 Å². The average molecular weight is 420 g/mol. The maximum absolute atomic E-state index is 5.16. The molecule has 1 aromatic carbocycles. The van der Waals surface area contributed by atoms with Crippen molar-refractivity contribution in [2.45, 2.75) is 44.9 Å². The third kappa shape index (κ3) is 3.98. The van der Waals surface area contributed by atoms with Gasteiger partial charge in [-0.2, -0.15) is 0 Å². The maximum Gasteiger partial charge on any atom is 0.186 e. The molecule has 2 aliphatic rings. The van der Waals surface area contributed by atoms with E-state index in [2.05, 4.69) is 52.6 Å². The molecule has 0 atom stereocenters. The molecule has 5 rings (SSSR count). The molecule has 0 bridgehead atoms. The van der Waals surface area contributed by atoms with Gasteiger partial charge >= 0.3 is 0 Å². The summed E-state index contributed by atoms with van der Waals surface area (Å²) in [6.07, 6.45) is 10.2. The lowest BCUT2D eigenvalue weighted by Crippen LogP contribution is -2.43. The van der Waals surface area contributed by atoms with E-state index >= 15 is 0 Å². The molecule has 0 amide bonds. The monoisotopic (exact) mass is 419 g/mol. The summed E-state index contributed by atoms with van der Waals surface area (Å²) in [4.78, 5) is 18.0. The van der Waals surface area contributed by atoms with Gasteiger partial charge in [-0.05, 0) is 31.7 Å². The Kier molecular flexibility index (Phi) is 5.77. The normalized spacial score (nSPS) is 18.0. The van der Waals surface area contributed by atoms with E-state index in [-0.39, 0.29) is 0 Å². The molecular weight excluding hydrogens is 390 g/mol. The highest BCUT2D eigenvalue weighted by Gasteiger charge is 2.26. The summed E-state index contributed by atoms with van der Waals surface area (Å²) in [6.45, 7) is 6.16. The molecule has 156 valence electrons. The van der Waals surface area contributed by atoms with Crippen LogP contribution in [0.15, 0.2) is 36.8 Å². The molecule has 30 heavy (non-hydrogen) atoms. The number of aromatic nitrogens is 3. The zero-order valence-corrected chi connectivity index (χ0v) is 18.4. The van der Waals surface area contributed by atoms with Crippen molar-refractivity contribution in [3.05, 3.63) is 47.9 Å². The predicted octanol–water partition coefficient (Wildman–Crippen LogP) is 5.03. The summed E-state index contributed by atoms with van der Waals surface area (Å²) in [5.41, 5.74) is 5.89. The Bertz CT molecular complexity index is 1000. The van der Waals surface area contributed by atoms with E-state index in [9.17, 15) is 0 Å². The quantitative estimate of drug-likeness (QED) is 0.643. The number of thiazole rings is 1. The van der Waals surface area contributed by atoms with Crippen LogP contribution in [0.3, 0.4) is 0 Å². The molecule has 1 saturated carbocycles. The van der Waals surface area contributed by atoms with E-state index < -0.39 is 0 Å². The van der Waals surface area contributed by atoms with Crippen LogP contribution in [-0.4, -0.2) is 41.1 Å². The van der Waals surface area contributed by atoms with Crippen molar-refractivity contribution in [3.8, 4) is 21.8 Å². The molecule has 0 unspecified atom stereocenters. The minimum Gasteiger partial charge on any atom is -0.346 e. The van der Waals surface area contributed by atoms with Gasteiger partial charge in [0.2, 0.25) is 0 Å². The van der Waals surface area contributed by atoms with Gasteiger partial charge in [-0.3, -0.25) is 0 Å². The Balaban J connectivity index is 1.63. The van der Waals surface area contributed by atoms with Crippen molar-refractivity contribution in [1.82, 2.24) is 20.3 Å². The van der Waals surface area contributed by atoms with Crippen LogP contribution in [0.2, 0.25) is 0 Å². The van der Waals surface area contributed by atoms with Gasteiger partial charge in [0.05, 0.1) is 16.3 Å². The van der Waals surface area contributed by atoms with Gasteiger partial charge in [0.15, 0.2) is 5.13 Å². The van der Waals surface area contributed by atoms with Crippen LogP contribution in [0.1, 0.15) is 49.1 Å². The molecule has 0 spiro atoms. The molecule has 5 nitrogen and oxygen atoms in total. The maximum atomic E-state index is 5.16. The first-order valence-electron chi connectivity index (χ1n) is 11.1. The summed E-state index contributed by atoms with van der Waals surface area (Å²) in [5.74, 6) is 0.560. The molecule has 6 heteroatoms. The van der Waals surface area contributed by atoms with Crippen LogP contribution in [0.4, 0.5) is 5.13 Å². The fourth-order valence-corrected chi connectivity index (χ4v) is 5.85. The number of nitrogens with one attached hydrogen (secondary N) is 1. The first kappa shape index (κ1) is 19.6. The van der Waals surface area contributed by atoms with Crippen LogP contribution >= 0.6 is 11.3 Å². The van der Waals surface area contributed by atoms with E-state index in [0.29, 0.717) is 5.92 Å². The Morgan fingerprint density at radius 1 is 1.07 bits per heavy atom. The van der Waals surface area contributed by atoms with Crippen molar-refractivity contribution < 1.29 is 0 Å². The highest BCUT2D eigenvalue weighted by Crippen LogP contribution is 2.44. The first-order valence-corrected chi connectivity index (χ1v) is 11.9. The van der Waals surface area contributed by atoms with E-state index in [1.165, 1.54) is 53.7 Å². The molecule has 1 N–H and O–H groups in total. The van der Waals surface area contributed by atoms with Crippen molar-refractivity contribution in [1.29, 1.82) is 0 Å². The van der Waals surface area contributed by atoms with Gasteiger partial charge in [0.1, 0.15) is 6.33 Å². The largest absolute Gasteiger partial charge is 0.346 e. The predicted molar refractivity (Wildman–Crippen MR) is 124 cm³/mol. The van der Waals surface area contributed by atoms with Gasteiger partial charge in [-0.1, -0.05) is 54.4 Å². The molecule has 1 aliphatic carbocycles. The molecule has 1 saturated heterocycles. The SMILES string of the molecule is Cc1cccc(-c2nc(N3CCNCC3)sc2-c2ncncc2C2CCCCC2)c1. The number of rotatable bonds is 4. The van der Waals surface area contributed by atoms with E-state index in [1.54, 1.807) is 17.7 Å². The Morgan fingerprint density at radius 2 is 1.90 bits per heavy atom. The van der Waals surface area contributed by atoms with E-state index in [0.717, 1.165) is 42.7 Å². The Hall–Kier alpha value is -2.31. The van der Waals surface area contributed by atoms with Crippen LogP contribution < -0.4 is 10.2 Å². The van der Waals surface area contributed by atoms with E-state index in [1.807, 2.05) is 0 Å². The highest BCUT2D eigenvalue weighted by molar-refractivity contribution is 7.19. The van der Waals surface area contributed by atoms with Crippen molar-refractivity contribution in [2.75, 3.05) is 31.1 Å². The van der Waals surface area contributed by atoms with Crippen molar-refractivity contribution in [3.63, 3.8) is 0 Å². The number of anilines is 1. The average Bonchev–Trinajstić information content (AvgIpc) is 3.26. The second-order valence-corrected chi connectivity index (χ2v) is 9.42. The lowest BCUT2D eigenvalue weighted by atomic mass is 9.83. The summed E-state index contributed by atoms with van der Waals surface area (Å²) >= 11 is 1.79. The zero-order chi connectivity index (χ0) is 20.3. The second kappa shape index (κ2) is 8.82.